The van der Waals surface area contributed by atoms with Gasteiger partial charge in [-0.25, -0.2) is 4.79 Å². The SMILES string of the molecule is CC[C@H](C)C([C@@H](CC(=O)N1CCC[C@H]1[C@H](OC)[C@@H](C)C(=O)N[C@@H](Cc1ccccc1)C(=O)O)OC)N(C)C(=O)CNC(=O)C(C(C)C)N(C)CCc1ccc(NC)cc1. The second kappa shape index (κ2) is 23.9. The predicted molar refractivity (Wildman–Crippen MR) is 230 cm³/mol. The second-order valence-corrected chi connectivity index (χ2v) is 16.3. The number of likely N-dealkylation sites (N-methyl/N-ethyl adjacent to an activating group) is 2. The number of hydrogen-bond acceptors (Lipinski definition) is 9. The molecule has 2 aromatic rings. The monoisotopic (exact) mass is 823 g/mol. The number of nitrogens with zero attached hydrogens (tertiary/aromatic N) is 3. The van der Waals surface area contributed by atoms with Crippen molar-refractivity contribution >= 4 is 35.3 Å². The van der Waals surface area contributed by atoms with Crippen molar-refractivity contribution in [2.24, 2.45) is 17.8 Å². The van der Waals surface area contributed by atoms with Crippen LogP contribution in [0.5, 0.6) is 0 Å². The zero-order valence-electron chi connectivity index (χ0n) is 36.9. The largest absolute Gasteiger partial charge is 0.480 e. The number of anilines is 1. The second-order valence-electron chi connectivity index (χ2n) is 16.3. The predicted octanol–water partition coefficient (Wildman–Crippen LogP) is 4.08. The molecule has 8 atom stereocenters. The van der Waals surface area contributed by atoms with Gasteiger partial charge in [0.25, 0.3) is 0 Å². The Kier molecular flexibility index (Phi) is 19.8. The van der Waals surface area contributed by atoms with Gasteiger partial charge in [-0.3, -0.25) is 24.1 Å². The molecular formula is C45H70N6O8. The molecule has 14 nitrogen and oxygen atoms in total. The molecule has 0 saturated carbocycles. The molecule has 328 valence electrons. The zero-order chi connectivity index (χ0) is 43.8. The van der Waals surface area contributed by atoms with Crippen LogP contribution in [0, 0.1) is 17.8 Å². The van der Waals surface area contributed by atoms with E-state index in [0.29, 0.717) is 32.4 Å². The lowest BCUT2D eigenvalue weighted by atomic mass is 9.90. The Balaban J connectivity index is 1.66. The van der Waals surface area contributed by atoms with E-state index in [1.54, 1.807) is 23.8 Å². The molecular weight excluding hydrogens is 753 g/mol. The number of rotatable bonds is 24. The molecule has 0 aliphatic carbocycles. The summed E-state index contributed by atoms with van der Waals surface area (Å²) in [5.74, 6) is -3.12. The van der Waals surface area contributed by atoms with Crippen molar-refractivity contribution in [3.05, 3.63) is 65.7 Å². The minimum atomic E-state index is -1.14. The van der Waals surface area contributed by atoms with Crippen LogP contribution in [0.2, 0.25) is 0 Å². The molecule has 1 saturated heterocycles. The van der Waals surface area contributed by atoms with E-state index in [0.717, 1.165) is 17.7 Å². The maximum atomic E-state index is 14.2. The molecule has 0 radical (unpaired) electrons. The molecule has 4 amide bonds. The van der Waals surface area contributed by atoms with E-state index in [9.17, 15) is 29.1 Å². The number of likely N-dealkylation sites (tertiary alicyclic amines) is 1. The fourth-order valence-corrected chi connectivity index (χ4v) is 8.37. The summed E-state index contributed by atoms with van der Waals surface area (Å²) in [7, 11) is 8.53. The first-order chi connectivity index (χ1) is 28.1. The topological polar surface area (TPSA) is 170 Å². The normalized spacial score (nSPS) is 17.7. The molecule has 4 N–H and O–H groups in total. The number of benzene rings is 2. The molecule has 0 spiro atoms. The number of nitrogens with one attached hydrogen (secondary N) is 3. The van der Waals surface area contributed by atoms with Gasteiger partial charge < -0.3 is 40.3 Å². The van der Waals surface area contributed by atoms with Crippen LogP contribution in [0.3, 0.4) is 0 Å². The van der Waals surface area contributed by atoms with Gasteiger partial charge in [0.1, 0.15) is 6.04 Å². The molecule has 59 heavy (non-hydrogen) atoms. The number of hydrogen-bond donors (Lipinski definition) is 4. The maximum absolute atomic E-state index is 14.2. The number of amides is 4. The highest BCUT2D eigenvalue weighted by atomic mass is 16.5. The average molecular weight is 823 g/mol. The van der Waals surface area contributed by atoms with Crippen molar-refractivity contribution in [2.45, 2.75) is 110 Å². The van der Waals surface area contributed by atoms with Gasteiger partial charge in [-0.2, -0.15) is 0 Å². The molecule has 2 aromatic carbocycles. The van der Waals surface area contributed by atoms with Crippen LogP contribution in [0.25, 0.3) is 0 Å². The van der Waals surface area contributed by atoms with E-state index in [1.165, 1.54) is 19.8 Å². The molecule has 1 aliphatic heterocycles. The van der Waals surface area contributed by atoms with Gasteiger partial charge in [-0.15, -0.1) is 0 Å². The molecule has 0 aromatic heterocycles. The summed E-state index contributed by atoms with van der Waals surface area (Å²) in [6.45, 7) is 10.6. The van der Waals surface area contributed by atoms with Gasteiger partial charge in [0.15, 0.2) is 0 Å². The summed E-state index contributed by atoms with van der Waals surface area (Å²) < 4.78 is 11.8. The quantitative estimate of drug-likeness (QED) is 0.121. The fourth-order valence-electron chi connectivity index (χ4n) is 8.37. The van der Waals surface area contributed by atoms with Gasteiger partial charge in [-0.05, 0) is 61.4 Å². The first-order valence-corrected chi connectivity index (χ1v) is 21.0. The lowest BCUT2D eigenvalue weighted by Gasteiger charge is -2.39. The first-order valence-electron chi connectivity index (χ1n) is 21.0. The van der Waals surface area contributed by atoms with Crippen LogP contribution in [-0.4, -0.2) is 141 Å². The van der Waals surface area contributed by atoms with Crippen LogP contribution in [0.4, 0.5) is 5.69 Å². The van der Waals surface area contributed by atoms with E-state index in [-0.39, 0.29) is 48.9 Å². The molecule has 1 aliphatic rings. The van der Waals surface area contributed by atoms with Gasteiger partial charge in [0.05, 0.1) is 49.2 Å². The number of carbonyl (C=O) groups excluding carboxylic acids is 4. The van der Waals surface area contributed by atoms with Crippen molar-refractivity contribution in [3.8, 4) is 0 Å². The van der Waals surface area contributed by atoms with Crippen LogP contribution < -0.4 is 16.0 Å². The highest BCUT2D eigenvalue weighted by Crippen LogP contribution is 2.29. The van der Waals surface area contributed by atoms with E-state index in [2.05, 4.69) is 28.1 Å². The molecule has 2 unspecified atom stereocenters. The Morgan fingerprint density at radius 3 is 2.14 bits per heavy atom. The smallest absolute Gasteiger partial charge is 0.326 e. The summed E-state index contributed by atoms with van der Waals surface area (Å²) >= 11 is 0. The van der Waals surface area contributed by atoms with Crippen molar-refractivity contribution in [3.63, 3.8) is 0 Å². The number of ether oxygens (including phenoxy) is 2. The molecule has 1 heterocycles. The van der Waals surface area contributed by atoms with E-state index in [4.69, 9.17) is 9.47 Å². The number of carboxylic acids is 1. The fraction of sp³-hybridized carbons (Fsp3) is 0.622. The Bertz CT molecular complexity index is 1640. The standard InChI is InChI=1S/C45H70N6O8/c1-11-30(4)41(50(8)39(53)28-47-44(55)40(29(2)3)49(7)25-23-32-19-21-34(46-6)22-20-32)37(58-9)27-38(52)51-24-15-18-36(51)42(59-10)31(5)43(54)48-35(45(56)57)26-33-16-13-12-14-17-33/h12-14,16-17,19-22,29-31,35-37,40-42,46H,11,15,18,23-28H2,1-10H3,(H,47,55)(H,48,54)(H,56,57)/t30-,31+,35-,36-,37+,40?,41?,42+/m0/s1. The van der Waals surface area contributed by atoms with Crippen LogP contribution in [0.1, 0.15) is 71.4 Å². The lowest BCUT2D eigenvalue weighted by molar-refractivity contribution is -0.147. The Morgan fingerprint density at radius 1 is 0.915 bits per heavy atom. The lowest BCUT2D eigenvalue weighted by Crippen LogP contribution is -2.55. The molecule has 3 rings (SSSR count). The Hall–Kier alpha value is -4.53. The molecule has 14 heteroatoms. The van der Waals surface area contributed by atoms with Crippen molar-refractivity contribution in [2.75, 3.05) is 60.3 Å². The summed E-state index contributed by atoms with van der Waals surface area (Å²) in [5.41, 5.74) is 2.98. The third-order valence-corrected chi connectivity index (χ3v) is 12.0. The summed E-state index contributed by atoms with van der Waals surface area (Å²) in [5, 5.41) is 18.6. The zero-order valence-corrected chi connectivity index (χ0v) is 36.9. The number of aliphatic carboxylic acids is 1. The summed E-state index contributed by atoms with van der Waals surface area (Å²) in [6.07, 6.45) is 1.57. The summed E-state index contributed by atoms with van der Waals surface area (Å²) in [4.78, 5) is 72.5. The third-order valence-electron chi connectivity index (χ3n) is 12.0. The van der Waals surface area contributed by atoms with Gasteiger partial charge in [0.2, 0.25) is 23.6 Å². The Labute approximate surface area is 351 Å². The van der Waals surface area contributed by atoms with E-state index < -0.39 is 54.2 Å². The first kappa shape index (κ1) is 48.8. The summed E-state index contributed by atoms with van der Waals surface area (Å²) in [6, 6.07) is 14.8. The number of methoxy groups -OCH3 is 2. The van der Waals surface area contributed by atoms with Crippen LogP contribution >= 0.6 is 0 Å². The highest BCUT2D eigenvalue weighted by Gasteiger charge is 2.42. The molecule has 0 bridgehead atoms. The minimum absolute atomic E-state index is 0.00188. The Morgan fingerprint density at radius 2 is 1.58 bits per heavy atom. The van der Waals surface area contributed by atoms with Crippen molar-refractivity contribution in [1.29, 1.82) is 0 Å². The average Bonchev–Trinajstić information content (AvgIpc) is 3.71. The van der Waals surface area contributed by atoms with Crippen LogP contribution in [0.15, 0.2) is 54.6 Å². The number of carbonyl (C=O) groups is 5. The van der Waals surface area contributed by atoms with Crippen molar-refractivity contribution in [1.82, 2.24) is 25.3 Å². The van der Waals surface area contributed by atoms with Gasteiger partial charge in [0, 0.05) is 53.5 Å². The molecule has 1 fully saturated rings. The van der Waals surface area contributed by atoms with E-state index in [1.807, 2.05) is 89.2 Å². The van der Waals surface area contributed by atoms with Crippen LogP contribution in [-0.2, 0) is 46.3 Å². The third kappa shape index (κ3) is 13.8. The van der Waals surface area contributed by atoms with Gasteiger partial charge in [-0.1, -0.05) is 83.5 Å². The van der Waals surface area contributed by atoms with Gasteiger partial charge >= 0.3 is 5.97 Å². The van der Waals surface area contributed by atoms with E-state index >= 15 is 0 Å². The highest BCUT2D eigenvalue weighted by molar-refractivity contribution is 5.88. The number of carboxylic acid groups (broad SMARTS) is 1. The van der Waals surface area contributed by atoms with Crippen molar-refractivity contribution < 1.29 is 38.6 Å². The maximum Gasteiger partial charge on any atom is 0.326 e. The minimum Gasteiger partial charge on any atom is -0.480 e.